The van der Waals surface area contributed by atoms with Gasteiger partial charge in [-0.15, -0.1) is 0 Å². The Morgan fingerprint density at radius 3 is 2.43 bits per heavy atom. The van der Waals surface area contributed by atoms with Gasteiger partial charge in [0.25, 0.3) is 0 Å². The van der Waals surface area contributed by atoms with E-state index in [2.05, 4.69) is 0 Å². The smallest absolute Gasteiger partial charge is 0.160 e. The second-order valence-electron chi connectivity index (χ2n) is 3.30. The molecule has 0 saturated heterocycles. The molecule has 66 valence electrons. The lowest BCUT2D eigenvalue weighted by Gasteiger charge is -2.05. The Hall–Kier alpha value is -1.57. The summed E-state index contributed by atoms with van der Waals surface area (Å²) in [5.74, 6) is 0.0706. The van der Waals surface area contributed by atoms with Crippen LogP contribution in [0.5, 0.6) is 0 Å². The maximum Gasteiger partial charge on any atom is 0.160 e. The standard InChI is InChI=1S/C12H9BO/c1-8(14)9-4-2-6-11-10(9)5-3-7-12(11)13/h2-7H,1H3. The van der Waals surface area contributed by atoms with E-state index in [-0.39, 0.29) is 5.78 Å². The molecule has 14 heavy (non-hydrogen) atoms. The Morgan fingerprint density at radius 2 is 1.71 bits per heavy atom. The maximum atomic E-state index is 11.3. The van der Waals surface area contributed by atoms with Crippen LogP contribution in [0.25, 0.3) is 10.8 Å². The van der Waals surface area contributed by atoms with Crippen molar-refractivity contribution in [1.29, 1.82) is 0 Å². The highest BCUT2D eigenvalue weighted by Crippen LogP contribution is 2.16. The lowest BCUT2D eigenvalue weighted by molar-refractivity contribution is 0.101. The van der Waals surface area contributed by atoms with Gasteiger partial charge < -0.3 is 0 Å². The summed E-state index contributed by atoms with van der Waals surface area (Å²) in [4.78, 5) is 11.3. The summed E-state index contributed by atoms with van der Waals surface area (Å²) >= 11 is 0. The van der Waals surface area contributed by atoms with Crippen LogP contribution in [-0.2, 0) is 0 Å². The number of fused-ring (bicyclic) bond motifs is 1. The molecule has 2 heteroatoms. The van der Waals surface area contributed by atoms with Crippen LogP contribution in [0.2, 0.25) is 0 Å². The van der Waals surface area contributed by atoms with E-state index < -0.39 is 0 Å². The number of carbonyl (C=O) groups is 1. The molecule has 0 fully saturated rings. The monoisotopic (exact) mass is 180 g/mol. The third kappa shape index (κ3) is 1.33. The number of hydrogen-bond acceptors (Lipinski definition) is 1. The minimum Gasteiger partial charge on any atom is -0.294 e. The van der Waals surface area contributed by atoms with Gasteiger partial charge in [-0.25, -0.2) is 0 Å². The van der Waals surface area contributed by atoms with Crippen molar-refractivity contribution >= 4 is 29.9 Å². The summed E-state index contributed by atoms with van der Waals surface area (Å²) in [5.41, 5.74) is 1.44. The van der Waals surface area contributed by atoms with E-state index in [0.29, 0.717) is 5.46 Å². The molecule has 0 N–H and O–H groups in total. The summed E-state index contributed by atoms with van der Waals surface area (Å²) < 4.78 is 0. The molecule has 0 aliphatic heterocycles. The number of hydrogen-bond donors (Lipinski definition) is 0. The van der Waals surface area contributed by atoms with Gasteiger partial charge in [0.2, 0.25) is 0 Å². The average Bonchev–Trinajstić information content (AvgIpc) is 2.17. The minimum absolute atomic E-state index is 0.0706. The molecule has 2 aromatic carbocycles. The molecule has 0 amide bonds. The topological polar surface area (TPSA) is 17.1 Å². The molecule has 0 bridgehead atoms. The van der Waals surface area contributed by atoms with Gasteiger partial charge in [-0.2, -0.15) is 0 Å². The third-order valence-electron chi connectivity index (χ3n) is 2.34. The van der Waals surface area contributed by atoms with E-state index in [4.69, 9.17) is 7.85 Å². The van der Waals surface area contributed by atoms with E-state index in [1.165, 1.54) is 0 Å². The molecule has 0 atom stereocenters. The minimum atomic E-state index is 0.0706. The first-order valence-corrected chi connectivity index (χ1v) is 4.48. The number of rotatable bonds is 1. The molecule has 0 aliphatic rings. The largest absolute Gasteiger partial charge is 0.294 e. The molecule has 0 spiro atoms. The lowest BCUT2D eigenvalue weighted by atomic mass is 9.88. The zero-order valence-electron chi connectivity index (χ0n) is 7.95. The molecule has 2 aromatic rings. The number of Topliss-reactive ketones (excluding diaryl/α,β-unsaturated/α-hetero) is 1. The van der Waals surface area contributed by atoms with Crippen molar-refractivity contribution in [1.82, 2.24) is 0 Å². The zero-order chi connectivity index (χ0) is 10.1. The summed E-state index contributed by atoms with van der Waals surface area (Å²) in [6, 6.07) is 11.2. The highest BCUT2D eigenvalue weighted by molar-refractivity contribution is 6.39. The third-order valence-corrected chi connectivity index (χ3v) is 2.34. The summed E-state index contributed by atoms with van der Waals surface area (Å²) in [7, 11) is 5.81. The summed E-state index contributed by atoms with van der Waals surface area (Å²) in [6.45, 7) is 1.57. The number of ketones is 1. The van der Waals surface area contributed by atoms with Crippen LogP contribution in [0.3, 0.4) is 0 Å². The van der Waals surface area contributed by atoms with Gasteiger partial charge in [0.1, 0.15) is 7.85 Å². The van der Waals surface area contributed by atoms with Crippen LogP contribution < -0.4 is 5.46 Å². The fourth-order valence-electron chi connectivity index (χ4n) is 1.64. The van der Waals surface area contributed by atoms with E-state index in [1.54, 1.807) is 6.92 Å². The zero-order valence-corrected chi connectivity index (χ0v) is 7.95. The SMILES string of the molecule is [B]c1cccc2c(C(C)=O)cccc12. The predicted octanol–water partition coefficient (Wildman–Crippen LogP) is 1.84. The van der Waals surface area contributed by atoms with Gasteiger partial charge >= 0.3 is 0 Å². The van der Waals surface area contributed by atoms with Crippen LogP contribution >= 0.6 is 0 Å². The first-order chi connectivity index (χ1) is 6.70. The summed E-state index contributed by atoms with van der Waals surface area (Å²) in [5, 5.41) is 1.88. The highest BCUT2D eigenvalue weighted by atomic mass is 16.1. The van der Waals surface area contributed by atoms with E-state index in [1.807, 2.05) is 36.4 Å². The number of carbonyl (C=O) groups excluding carboxylic acids is 1. The Bertz CT molecular complexity index is 503. The van der Waals surface area contributed by atoms with Crippen molar-refractivity contribution in [3.8, 4) is 0 Å². The van der Waals surface area contributed by atoms with Crippen LogP contribution in [0, 0.1) is 0 Å². The molecule has 1 nitrogen and oxygen atoms in total. The Labute approximate surface area is 84.2 Å². The molecular weight excluding hydrogens is 171 g/mol. The van der Waals surface area contributed by atoms with Crippen molar-refractivity contribution in [3.63, 3.8) is 0 Å². The van der Waals surface area contributed by atoms with Crippen LogP contribution in [-0.4, -0.2) is 13.6 Å². The fourth-order valence-corrected chi connectivity index (χ4v) is 1.64. The van der Waals surface area contributed by atoms with Gasteiger partial charge in [-0.3, -0.25) is 4.79 Å². The van der Waals surface area contributed by atoms with Gasteiger partial charge in [0, 0.05) is 5.56 Å². The van der Waals surface area contributed by atoms with Gasteiger partial charge in [-0.1, -0.05) is 41.9 Å². The van der Waals surface area contributed by atoms with Gasteiger partial charge in [0.05, 0.1) is 0 Å². The first kappa shape index (κ1) is 9.01. The average molecular weight is 180 g/mol. The molecule has 0 unspecified atom stereocenters. The second kappa shape index (κ2) is 3.30. The predicted molar refractivity (Wildman–Crippen MR) is 59.3 cm³/mol. The molecule has 2 rings (SSSR count). The van der Waals surface area contributed by atoms with Crippen molar-refractivity contribution in [2.75, 3.05) is 0 Å². The maximum absolute atomic E-state index is 11.3. The van der Waals surface area contributed by atoms with Crippen LogP contribution in [0.1, 0.15) is 17.3 Å². The number of benzene rings is 2. The first-order valence-electron chi connectivity index (χ1n) is 4.48. The Kier molecular flexibility index (Phi) is 2.12. The van der Waals surface area contributed by atoms with Crippen molar-refractivity contribution in [2.24, 2.45) is 0 Å². The van der Waals surface area contributed by atoms with Crippen molar-refractivity contribution in [2.45, 2.75) is 6.92 Å². The lowest BCUT2D eigenvalue weighted by Crippen LogP contribution is -2.04. The fraction of sp³-hybridized carbons (Fsp3) is 0.0833. The van der Waals surface area contributed by atoms with Crippen molar-refractivity contribution in [3.05, 3.63) is 42.0 Å². The molecule has 0 aromatic heterocycles. The van der Waals surface area contributed by atoms with Gasteiger partial charge in [0.15, 0.2) is 5.78 Å². The Balaban J connectivity index is 2.88. The Morgan fingerprint density at radius 1 is 1.07 bits per heavy atom. The molecular formula is C12H9BO. The van der Waals surface area contributed by atoms with E-state index >= 15 is 0 Å². The molecule has 2 radical (unpaired) electrons. The van der Waals surface area contributed by atoms with Crippen LogP contribution in [0.4, 0.5) is 0 Å². The normalized spacial score (nSPS) is 10.4. The van der Waals surface area contributed by atoms with Crippen molar-refractivity contribution < 1.29 is 4.79 Å². The summed E-state index contributed by atoms with van der Waals surface area (Å²) in [6.07, 6.45) is 0. The quantitative estimate of drug-likeness (QED) is 0.483. The van der Waals surface area contributed by atoms with Gasteiger partial charge in [-0.05, 0) is 17.7 Å². The van der Waals surface area contributed by atoms with E-state index in [0.717, 1.165) is 16.3 Å². The van der Waals surface area contributed by atoms with E-state index in [9.17, 15) is 4.79 Å². The molecule has 0 saturated carbocycles. The highest BCUT2D eigenvalue weighted by Gasteiger charge is 2.04. The molecule has 0 aliphatic carbocycles. The van der Waals surface area contributed by atoms with Crippen LogP contribution in [0.15, 0.2) is 36.4 Å². The molecule has 0 heterocycles. The second-order valence-corrected chi connectivity index (χ2v) is 3.30.